The molecule has 2 rings (SSSR count). The number of carbonyl (C=O) groups excluding carboxylic acids is 1. The molecule has 18 heavy (non-hydrogen) atoms. The van der Waals surface area contributed by atoms with E-state index in [1.54, 1.807) is 32.4 Å². The Bertz CT molecular complexity index is 529. The van der Waals surface area contributed by atoms with Crippen molar-refractivity contribution in [2.24, 2.45) is 0 Å². The van der Waals surface area contributed by atoms with Crippen molar-refractivity contribution >= 4 is 5.78 Å². The molecular weight excluding hydrogens is 232 g/mol. The predicted molar refractivity (Wildman–Crippen MR) is 66.3 cm³/mol. The normalized spacial score (nSPS) is 10.1. The number of rotatable bonds is 5. The first-order valence-electron chi connectivity index (χ1n) is 5.51. The number of furan rings is 1. The molecule has 4 nitrogen and oxygen atoms in total. The molecule has 0 fully saturated rings. The van der Waals surface area contributed by atoms with Crippen molar-refractivity contribution in [2.45, 2.75) is 6.42 Å². The number of ketones is 1. The molecule has 0 atom stereocenters. The zero-order valence-electron chi connectivity index (χ0n) is 10.3. The minimum absolute atomic E-state index is 0.0102. The molecule has 0 saturated heterocycles. The quantitative estimate of drug-likeness (QED) is 0.761. The molecule has 1 heterocycles. The van der Waals surface area contributed by atoms with Crippen LogP contribution in [-0.2, 0) is 6.42 Å². The Balaban J connectivity index is 2.17. The van der Waals surface area contributed by atoms with E-state index in [1.807, 2.05) is 6.07 Å². The third kappa shape index (κ3) is 2.53. The summed E-state index contributed by atoms with van der Waals surface area (Å²) in [5, 5.41) is 0. The van der Waals surface area contributed by atoms with Crippen LogP contribution in [0.1, 0.15) is 15.9 Å². The number of methoxy groups -OCH3 is 2. The van der Waals surface area contributed by atoms with E-state index < -0.39 is 0 Å². The van der Waals surface area contributed by atoms with Gasteiger partial charge in [-0.3, -0.25) is 4.79 Å². The smallest absolute Gasteiger partial charge is 0.170 e. The van der Waals surface area contributed by atoms with Gasteiger partial charge < -0.3 is 13.9 Å². The first-order valence-corrected chi connectivity index (χ1v) is 5.51. The third-order valence-corrected chi connectivity index (χ3v) is 2.66. The standard InChI is InChI=1S/C14H14O4/c1-16-13-4-3-10(8-14(13)17-2)7-12(15)11-5-6-18-9-11/h3-6,8-9H,7H2,1-2H3. The Morgan fingerprint density at radius 3 is 2.56 bits per heavy atom. The molecule has 0 aliphatic heterocycles. The van der Waals surface area contributed by atoms with Crippen LogP contribution in [0.15, 0.2) is 41.2 Å². The molecule has 0 unspecified atom stereocenters. The van der Waals surface area contributed by atoms with Crippen LogP contribution in [0, 0.1) is 0 Å². The van der Waals surface area contributed by atoms with E-state index in [1.165, 1.54) is 12.5 Å². The average molecular weight is 246 g/mol. The lowest BCUT2D eigenvalue weighted by atomic mass is 10.0. The van der Waals surface area contributed by atoms with Crippen LogP contribution < -0.4 is 9.47 Å². The maximum Gasteiger partial charge on any atom is 0.170 e. The Labute approximate surface area is 105 Å². The Morgan fingerprint density at radius 2 is 1.94 bits per heavy atom. The lowest BCUT2D eigenvalue weighted by Crippen LogP contribution is -2.02. The van der Waals surface area contributed by atoms with Gasteiger partial charge in [-0.1, -0.05) is 6.07 Å². The van der Waals surface area contributed by atoms with Gasteiger partial charge in [0.1, 0.15) is 6.26 Å². The minimum atomic E-state index is 0.0102. The summed E-state index contributed by atoms with van der Waals surface area (Å²) in [7, 11) is 3.15. The number of hydrogen-bond acceptors (Lipinski definition) is 4. The molecule has 0 bridgehead atoms. The van der Waals surface area contributed by atoms with Gasteiger partial charge in [0.25, 0.3) is 0 Å². The van der Waals surface area contributed by atoms with Crippen molar-refractivity contribution in [3.8, 4) is 11.5 Å². The van der Waals surface area contributed by atoms with Crippen LogP contribution in [0.4, 0.5) is 0 Å². The van der Waals surface area contributed by atoms with Crippen LogP contribution in [0.3, 0.4) is 0 Å². The summed E-state index contributed by atoms with van der Waals surface area (Å²) >= 11 is 0. The van der Waals surface area contributed by atoms with E-state index in [-0.39, 0.29) is 5.78 Å². The number of Topliss-reactive ketones (excluding diaryl/α,β-unsaturated/α-hetero) is 1. The fourth-order valence-electron chi connectivity index (χ4n) is 1.70. The van der Waals surface area contributed by atoms with Gasteiger partial charge in [-0.2, -0.15) is 0 Å². The summed E-state index contributed by atoms with van der Waals surface area (Å²) in [5.41, 5.74) is 1.45. The van der Waals surface area contributed by atoms with E-state index >= 15 is 0 Å². The molecule has 2 aromatic rings. The molecule has 4 heteroatoms. The first kappa shape index (κ1) is 12.2. The van der Waals surface area contributed by atoms with E-state index in [9.17, 15) is 4.79 Å². The van der Waals surface area contributed by atoms with Gasteiger partial charge in [0.2, 0.25) is 0 Å². The fraction of sp³-hybridized carbons (Fsp3) is 0.214. The Kier molecular flexibility index (Phi) is 3.67. The van der Waals surface area contributed by atoms with Crippen molar-refractivity contribution in [1.29, 1.82) is 0 Å². The maximum absolute atomic E-state index is 11.9. The highest BCUT2D eigenvalue weighted by Crippen LogP contribution is 2.28. The monoisotopic (exact) mass is 246 g/mol. The first-order chi connectivity index (χ1) is 8.74. The fourth-order valence-corrected chi connectivity index (χ4v) is 1.70. The van der Waals surface area contributed by atoms with Gasteiger partial charge in [-0.15, -0.1) is 0 Å². The van der Waals surface area contributed by atoms with Crippen molar-refractivity contribution < 1.29 is 18.7 Å². The lowest BCUT2D eigenvalue weighted by molar-refractivity contribution is 0.0992. The molecule has 0 saturated carbocycles. The topological polar surface area (TPSA) is 48.7 Å². The second kappa shape index (κ2) is 5.40. The van der Waals surface area contributed by atoms with Crippen LogP contribution in [0.25, 0.3) is 0 Å². The summed E-state index contributed by atoms with van der Waals surface area (Å²) in [6, 6.07) is 7.09. The summed E-state index contributed by atoms with van der Waals surface area (Å²) in [4.78, 5) is 11.9. The van der Waals surface area contributed by atoms with E-state index in [0.717, 1.165) is 5.56 Å². The molecule has 94 valence electrons. The van der Waals surface area contributed by atoms with Gasteiger partial charge in [0.05, 0.1) is 26.0 Å². The van der Waals surface area contributed by atoms with Gasteiger partial charge >= 0.3 is 0 Å². The molecule has 0 aliphatic rings. The average Bonchev–Trinajstić information content (AvgIpc) is 2.92. The molecular formula is C14H14O4. The second-order valence-corrected chi connectivity index (χ2v) is 3.80. The van der Waals surface area contributed by atoms with Gasteiger partial charge in [-0.25, -0.2) is 0 Å². The van der Waals surface area contributed by atoms with Crippen molar-refractivity contribution in [1.82, 2.24) is 0 Å². The van der Waals surface area contributed by atoms with Crippen molar-refractivity contribution in [2.75, 3.05) is 14.2 Å². The van der Waals surface area contributed by atoms with Gasteiger partial charge in [0.15, 0.2) is 17.3 Å². The summed E-state index contributed by atoms with van der Waals surface area (Å²) < 4.78 is 15.2. The number of carbonyl (C=O) groups is 1. The molecule has 1 aromatic heterocycles. The van der Waals surface area contributed by atoms with E-state index in [0.29, 0.717) is 23.5 Å². The highest BCUT2D eigenvalue weighted by molar-refractivity contribution is 5.97. The molecule has 0 N–H and O–H groups in total. The van der Waals surface area contributed by atoms with Crippen LogP contribution in [0.2, 0.25) is 0 Å². The highest BCUT2D eigenvalue weighted by Gasteiger charge is 2.10. The molecule has 0 amide bonds. The minimum Gasteiger partial charge on any atom is -0.493 e. The third-order valence-electron chi connectivity index (χ3n) is 2.66. The Hall–Kier alpha value is -2.23. The van der Waals surface area contributed by atoms with Gasteiger partial charge in [0, 0.05) is 6.42 Å². The van der Waals surface area contributed by atoms with Crippen LogP contribution in [0.5, 0.6) is 11.5 Å². The maximum atomic E-state index is 11.9. The number of benzene rings is 1. The van der Waals surface area contributed by atoms with Crippen molar-refractivity contribution in [3.05, 3.63) is 47.9 Å². The zero-order valence-corrected chi connectivity index (χ0v) is 10.3. The SMILES string of the molecule is COc1ccc(CC(=O)c2ccoc2)cc1OC. The summed E-state index contributed by atoms with van der Waals surface area (Å²) in [6.07, 6.45) is 3.24. The Morgan fingerprint density at radius 1 is 1.17 bits per heavy atom. The molecule has 0 radical (unpaired) electrons. The van der Waals surface area contributed by atoms with Crippen molar-refractivity contribution in [3.63, 3.8) is 0 Å². The molecule has 1 aromatic carbocycles. The highest BCUT2D eigenvalue weighted by atomic mass is 16.5. The second-order valence-electron chi connectivity index (χ2n) is 3.80. The summed E-state index contributed by atoms with van der Waals surface area (Å²) in [5.74, 6) is 1.28. The lowest BCUT2D eigenvalue weighted by Gasteiger charge is -2.08. The number of hydrogen-bond donors (Lipinski definition) is 0. The van der Waals surface area contributed by atoms with E-state index in [2.05, 4.69) is 0 Å². The van der Waals surface area contributed by atoms with Gasteiger partial charge in [-0.05, 0) is 23.8 Å². The van der Waals surface area contributed by atoms with E-state index in [4.69, 9.17) is 13.9 Å². The van der Waals surface area contributed by atoms with Crippen LogP contribution >= 0.6 is 0 Å². The summed E-state index contributed by atoms with van der Waals surface area (Å²) in [6.45, 7) is 0. The largest absolute Gasteiger partial charge is 0.493 e. The number of ether oxygens (including phenoxy) is 2. The predicted octanol–water partition coefficient (Wildman–Crippen LogP) is 2.72. The zero-order chi connectivity index (χ0) is 13.0. The molecule has 0 spiro atoms. The molecule has 0 aliphatic carbocycles. The van der Waals surface area contributed by atoms with Crippen LogP contribution in [-0.4, -0.2) is 20.0 Å².